The van der Waals surface area contributed by atoms with Gasteiger partial charge in [0.1, 0.15) is 11.6 Å². The molecule has 0 spiro atoms. The summed E-state index contributed by atoms with van der Waals surface area (Å²) in [5.41, 5.74) is 0.994. The standard InChI is InChI=1S/C12H12N4O/c1-15-11(4-6-14-15)5-8-16-7-2-3-10(9-13)12(16)17/h2-4,6-7H,5,8H2,1H3. The molecular formula is C12H12N4O. The Balaban J connectivity index is 2.18. The molecule has 2 aromatic heterocycles. The molecule has 0 saturated heterocycles. The van der Waals surface area contributed by atoms with Gasteiger partial charge in [0.15, 0.2) is 0 Å². The van der Waals surface area contributed by atoms with Gasteiger partial charge in [-0.15, -0.1) is 0 Å². The Hall–Kier alpha value is -2.35. The smallest absolute Gasteiger partial charge is 0.268 e. The van der Waals surface area contributed by atoms with Gasteiger partial charge in [0.2, 0.25) is 0 Å². The van der Waals surface area contributed by atoms with E-state index in [4.69, 9.17) is 5.26 Å². The molecule has 86 valence electrons. The summed E-state index contributed by atoms with van der Waals surface area (Å²) in [5.74, 6) is 0. The molecule has 2 heterocycles. The topological polar surface area (TPSA) is 63.6 Å². The van der Waals surface area contributed by atoms with Gasteiger partial charge in [-0.3, -0.25) is 9.48 Å². The van der Waals surface area contributed by atoms with Crippen LogP contribution in [0.4, 0.5) is 0 Å². The molecule has 0 N–H and O–H groups in total. The van der Waals surface area contributed by atoms with Crippen molar-refractivity contribution in [1.29, 1.82) is 5.26 Å². The second-order valence-electron chi connectivity index (χ2n) is 3.73. The minimum atomic E-state index is -0.239. The van der Waals surface area contributed by atoms with Crippen molar-refractivity contribution in [3.8, 4) is 6.07 Å². The predicted octanol–water partition coefficient (Wildman–Crippen LogP) is 0.696. The zero-order valence-electron chi connectivity index (χ0n) is 9.50. The van der Waals surface area contributed by atoms with E-state index in [9.17, 15) is 4.79 Å². The lowest BCUT2D eigenvalue weighted by molar-refractivity contribution is 0.621. The van der Waals surface area contributed by atoms with Gasteiger partial charge in [-0.1, -0.05) is 0 Å². The number of aromatic nitrogens is 3. The molecule has 2 rings (SSSR count). The Morgan fingerprint density at radius 3 is 2.94 bits per heavy atom. The third-order valence-corrected chi connectivity index (χ3v) is 2.67. The van der Waals surface area contributed by atoms with Crippen LogP contribution in [-0.4, -0.2) is 14.3 Å². The Kier molecular flexibility index (Phi) is 3.06. The predicted molar refractivity (Wildman–Crippen MR) is 62.3 cm³/mol. The third-order valence-electron chi connectivity index (χ3n) is 2.67. The highest BCUT2D eigenvalue weighted by atomic mass is 16.1. The van der Waals surface area contributed by atoms with E-state index in [-0.39, 0.29) is 11.1 Å². The quantitative estimate of drug-likeness (QED) is 0.776. The Labute approximate surface area is 98.5 Å². The molecule has 5 heteroatoms. The van der Waals surface area contributed by atoms with E-state index in [0.717, 1.165) is 5.69 Å². The maximum absolute atomic E-state index is 11.8. The normalized spacial score (nSPS) is 10.1. The summed E-state index contributed by atoms with van der Waals surface area (Å²) in [7, 11) is 1.86. The minimum absolute atomic E-state index is 0.178. The fraction of sp³-hybridized carbons (Fsp3) is 0.250. The van der Waals surface area contributed by atoms with Crippen LogP contribution >= 0.6 is 0 Å². The highest BCUT2D eigenvalue weighted by Crippen LogP contribution is 1.99. The van der Waals surface area contributed by atoms with E-state index < -0.39 is 0 Å². The van der Waals surface area contributed by atoms with Crippen molar-refractivity contribution in [2.24, 2.45) is 7.05 Å². The monoisotopic (exact) mass is 228 g/mol. The molecule has 0 radical (unpaired) electrons. The van der Waals surface area contributed by atoms with E-state index in [1.54, 1.807) is 27.7 Å². The van der Waals surface area contributed by atoms with Crippen LogP contribution in [0.15, 0.2) is 35.4 Å². The molecular weight excluding hydrogens is 216 g/mol. The number of hydrogen-bond acceptors (Lipinski definition) is 3. The number of hydrogen-bond donors (Lipinski definition) is 0. The van der Waals surface area contributed by atoms with E-state index in [1.165, 1.54) is 6.07 Å². The summed E-state index contributed by atoms with van der Waals surface area (Å²) < 4.78 is 3.32. The van der Waals surface area contributed by atoms with Crippen LogP contribution in [0.2, 0.25) is 0 Å². The Bertz CT molecular complexity index is 618. The van der Waals surface area contributed by atoms with E-state index in [2.05, 4.69) is 5.10 Å². The summed E-state index contributed by atoms with van der Waals surface area (Å²) in [6, 6.07) is 7.05. The highest BCUT2D eigenvalue weighted by Gasteiger charge is 2.03. The first-order valence-electron chi connectivity index (χ1n) is 5.29. The summed E-state index contributed by atoms with van der Waals surface area (Å²) in [6.07, 6.45) is 4.13. The lowest BCUT2D eigenvalue weighted by Gasteiger charge is -2.05. The maximum Gasteiger partial charge on any atom is 0.268 e. The van der Waals surface area contributed by atoms with E-state index >= 15 is 0 Å². The van der Waals surface area contributed by atoms with Crippen LogP contribution in [-0.2, 0) is 20.0 Å². The summed E-state index contributed by atoms with van der Waals surface area (Å²) in [5, 5.41) is 12.8. The van der Waals surface area contributed by atoms with Gasteiger partial charge in [-0.25, -0.2) is 0 Å². The SMILES string of the molecule is Cn1nccc1CCn1cccc(C#N)c1=O. The lowest BCUT2D eigenvalue weighted by atomic mass is 10.2. The molecule has 17 heavy (non-hydrogen) atoms. The molecule has 0 aliphatic heterocycles. The van der Waals surface area contributed by atoms with Crippen molar-refractivity contribution < 1.29 is 0 Å². The fourth-order valence-corrected chi connectivity index (χ4v) is 1.68. The zero-order chi connectivity index (χ0) is 12.3. The van der Waals surface area contributed by atoms with Crippen molar-refractivity contribution in [3.63, 3.8) is 0 Å². The van der Waals surface area contributed by atoms with Crippen molar-refractivity contribution in [1.82, 2.24) is 14.3 Å². The number of nitriles is 1. The van der Waals surface area contributed by atoms with Crippen molar-refractivity contribution in [2.45, 2.75) is 13.0 Å². The molecule has 0 aliphatic carbocycles. The van der Waals surface area contributed by atoms with Gasteiger partial charge in [0.05, 0.1) is 0 Å². The van der Waals surface area contributed by atoms with E-state index in [1.807, 2.05) is 19.2 Å². The van der Waals surface area contributed by atoms with Crippen LogP contribution < -0.4 is 5.56 Å². The number of aryl methyl sites for hydroxylation is 3. The zero-order valence-corrected chi connectivity index (χ0v) is 9.50. The average Bonchev–Trinajstić information content (AvgIpc) is 2.74. The van der Waals surface area contributed by atoms with Gasteiger partial charge in [-0.05, 0) is 18.2 Å². The first kappa shape index (κ1) is 11.1. The van der Waals surface area contributed by atoms with Gasteiger partial charge >= 0.3 is 0 Å². The van der Waals surface area contributed by atoms with Crippen LogP contribution in [0.25, 0.3) is 0 Å². The highest BCUT2D eigenvalue weighted by molar-refractivity contribution is 5.25. The molecule has 0 saturated carbocycles. The van der Waals surface area contributed by atoms with Crippen LogP contribution in [0, 0.1) is 11.3 Å². The first-order chi connectivity index (χ1) is 8.22. The van der Waals surface area contributed by atoms with Crippen molar-refractivity contribution >= 4 is 0 Å². The van der Waals surface area contributed by atoms with Crippen LogP contribution in [0.3, 0.4) is 0 Å². The van der Waals surface area contributed by atoms with Crippen LogP contribution in [0.1, 0.15) is 11.3 Å². The second kappa shape index (κ2) is 4.66. The molecule has 0 amide bonds. The number of nitrogens with zero attached hydrogens (tertiary/aromatic N) is 4. The minimum Gasteiger partial charge on any atom is -0.314 e. The summed E-state index contributed by atoms with van der Waals surface area (Å²) in [6.45, 7) is 0.549. The molecule has 0 bridgehead atoms. The first-order valence-corrected chi connectivity index (χ1v) is 5.29. The molecule has 5 nitrogen and oxygen atoms in total. The molecule has 0 fully saturated rings. The maximum atomic E-state index is 11.8. The molecule has 2 aromatic rings. The molecule has 0 aliphatic rings. The Morgan fingerprint density at radius 2 is 2.29 bits per heavy atom. The van der Waals surface area contributed by atoms with Gasteiger partial charge in [0.25, 0.3) is 5.56 Å². The lowest BCUT2D eigenvalue weighted by Crippen LogP contribution is -2.22. The Morgan fingerprint density at radius 1 is 1.47 bits per heavy atom. The van der Waals surface area contributed by atoms with Crippen molar-refractivity contribution in [2.75, 3.05) is 0 Å². The third kappa shape index (κ3) is 2.26. The van der Waals surface area contributed by atoms with Gasteiger partial charge in [0, 0.05) is 38.1 Å². The summed E-state index contributed by atoms with van der Waals surface area (Å²) in [4.78, 5) is 11.8. The summed E-state index contributed by atoms with van der Waals surface area (Å²) >= 11 is 0. The number of pyridine rings is 1. The average molecular weight is 228 g/mol. The van der Waals surface area contributed by atoms with E-state index in [0.29, 0.717) is 13.0 Å². The molecule has 0 aromatic carbocycles. The number of rotatable bonds is 3. The molecule has 0 unspecified atom stereocenters. The second-order valence-corrected chi connectivity index (χ2v) is 3.73. The molecule has 0 atom stereocenters. The largest absolute Gasteiger partial charge is 0.314 e. The van der Waals surface area contributed by atoms with Gasteiger partial charge in [-0.2, -0.15) is 10.4 Å². The fourth-order valence-electron chi connectivity index (χ4n) is 1.68. The van der Waals surface area contributed by atoms with Gasteiger partial charge < -0.3 is 4.57 Å². The van der Waals surface area contributed by atoms with Crippen molar-refractivity contribution in [3.05, 3.63) is 52.2 Å². The van der Waals surface area contributed by atoms with Crippen LogP contribution in [0.5, 0.6) is 0 Å².